The first-order valence-corrected chi connectivity index (χ1v) is 9.85. The Morgan fingerprint density at radius 3 is 2.50 bits per heavy atom. The Labute approximate surface area is 147 Å². The van der Waals surface area contributed by atoms with Gasteiger partial charge in [0.05, 0.1) is 11.5 Å². The maximum Gasteiger partial charge on any atom is 0.235 e. The van der Waals surface area contributed by atoms with Gasteiger partial charge in [0.15, 0.2) is 9.84 Å². The van der Waals surface area contributed by atoms with Crippen molar-refractivity contribution < 1.29 is 17.9 Å². The maximum atomic E-state index is 12.3. The first-order chi connectivity index (χ1) is 11.4. The predicted molar refractivity (Wildman–Crippen MR) is 92.9 cm³/mol. The molecule has 1 heterocycles. The monoisotopic (exact) mass is 374 g/mol. The summed E-state index contributed by atoms with van der Waals surface area (Å²) in [4.78, 5) is 12.2. The molecular weight excluding hydrogens is 352 g/mol. The Morgan fingerprint density at radius 2 is 1.92 bits per heavy atom. The maximum absolute atomic E-state index is 12.3. The van der Waals surface area contributed by atoms with Gasteiger partial charge in [-0.2, -0.15) is 0 Å². The summed E-state index contributed by atoms with van der Waals surface area (Å²) in [5.41, 5.74) is -0.139. The minimum Gasteiger partial charge on any atom is -0.384 e. The molecule has 6 nitrogen and oxygen atoms in total. The molecule has 0 atom stereocenters. The highest BCUT2D eigenvalue weighted by molar-refractivity contribution is 7.92. The number of carbonyl (C=O) groups excluding carboxylic acids is 1. The summed E-state index contributed by atoms with van der Waals surface area (Å²) in [5, 5.41) is 6.49. The second-order valence-electron chi connectivity index (χ2n) is 6.17. The predicted octanol–water partition coefficient (Wildman–Crippen LogP) is 1.25. The molecule has 1 saturated heterocycles. The SMILES string of the molecule is COCC1(CNC(=O)CS(=O)(=O)c2ccc(Cl)cc2)CCNCC1. The summed E-state index contributed by atoms with van der Waals surface area (Å²) in [6, 6.07) is 5.80. The molecule has 1 amide bonds. The number of halogens is 1. The second kappa shape index (κ2) is 8.29. The van der Waals surface area contributed by atoms with Crippen LogP contribution in [-0.2, 0) is 19.4 Å². The summed E-state index contributed by atoms with van der Waals surface area (Å²) >= 11 is 5.76. The van der Waals surface area contributed by atoms with E-state index in [4.69, 9.17) is 16.3 Å². The third kappa shape index (κ3) is 5.17. The van der Waals surface area contributed by atoms with Gasteiger partial charge >= 0.3 is 0 Å². The van der Waals surface area contributed by atoms with E-state index in [-0.39, 0.29) is 10.3 Å². The largest absolute Gasteiger partial charge is 0.384 e. The van der Waals surface area contributed by atoms with Crippen molar-refractivity contribution in [2.45, 2.75) is 17.7 Å². The first-order valence-electron chi connectivity index (χ1n) is 7.82. The number of hydrogen-bond acceptors (Lipinski definition) is 5. The molecule has 0 bridgehead atoms. The van der Waals surface area contributed by atoms with Gasteiger partial charge in [0.2, 0.25) is 5.91 Å². The Hall–Kier alpha value is -1.15. The van der Waals surface area contributed by atoms with Gasteiger partial charge in [0, 0.05) is 24.1 Å². The minimum absolute atomic E-state index is 0.0931. The van der Waals surface area contributed by atoms with Crippen LogP contribution in [0.5, 0.6) is 0 Å². The quantitative estimate of drug-likeness (QED) is 0.750. The fraction of sp³-hybridized carbons (Fsp3) is 0.562. The molecular formula is C16H23ClN2O4S. The summed E-state index contributed by atoms with van der Waals surface area (Å²) in [6.45, 7) is 2.68. The fourth-order valence-electron chi connectivity index (χ4n) is 2.87. The summed E-state index contributed by atoms with van der Waals surface area (Å²) < 4.78 is 29.8. The van der Waals surface area contributed by atoms with Gasteiger partial charge in [-0.25, -0.2) is 8.42 Å². The number of methoxy groups -OCH3 is 1. The van der Waals surface area contributed by atoms with Gasteiger partial charge in [-0.15, -0.1) is 0 Å². The molecule has 0 aliphatic carbocycles. The van der Waals surface area contributed by atoms with E-state index in [1.807, 2.05) is 0 Å². The Balaban J connectivity index is 1.95. The lowest BCUT2D eigenvalue weighted by molar-refractivity contribution is -0.119. The van der Waals surface area contributed by atoms with E-state index in [0.29, 0.717) is 18.2 Å². The zero-order valence-corrected chi connectivity index (χ0v) is 15.3. The number of ether oxygens (including phenoxy) is 1. The molecule has 1 aromatic carbocycles. The van der Waals surface area contributed by atoms with E-state index in [2.05, 4.69) is 10.6 Å². The topological polar surface area (TPSA) is 84.5 Å². The van der Waals surface area contributed by atoms with E-state index in [1.54, 1.807) is 7.11 Å². The number of sulfone groups is 1. The van der Waals surface area contributed by atoms with Gasteiger partial charge in [-0.3, -0.25) is 4.79 Å². The second-order valence-corrected chi connectivity index (χ2v) is 8.60. The van der Waals surface area contributed by atoms with E-state index in [0.717, 1.165) is 25.9 Å². The van der Waals surface area contributed by atoms with Crippen LogP contribution in [0.15, 0.2) is 29.2 Å². The molecule has 0 saturated carbocycles. The highest BCUT2D eigenvalue weighted by Crippen LogP contribution is 2.28. The van der Waals surface area contributed by atoms with Crippen LogP contribution in [0.25, 0.3) is 0 Å². The smallest absolute Gasteiger partial charge is 0.235 e. The molecule has 1 aliphatic heterocycles. The van der Waals surface area contributed by atoms with Crippen molar-refractivity contribution >= 4 is 27.3 Å². The van der Waals surface area contributed by atoms with Crippen LogP contribution in [0.3, 0.4) is 0 Å². The minimum atomic E-state index is -3.68. The zero-order chi connectivity index (χ0) is 17.6. The van der Waals surface area contributed by atoms with E-state index >= 15 is 0 Å². The van der Waals surface area contributed by atoms with Crippen molar-refractivity contribution in [2.24, 2.45) is 5.41 Å². The lowest BCUT2D eigenvalue weighted by Crippen LogP contribution is -2.48. The Morgan fingerprint density at radius 1 is 1.29 bits per heavy atom. The fourth-order valence-corrected chi connectivity index (χ4v) is 4.16. The highest BCUT2D eigenvalue weighted by Gasteiger charge is 2.33. The van der Waals surface area contributed by atoms with Crippen molar-refractivity contribution in [3.8, 4) is 0 Å². The number of amides is 1. The third-order valence-electron chi connectivity index (χ3n) is 4.27. The molecule has 0 aromatic heterocycles. The summed E-state index contributed by atoms with van der Waals surface area (Å²) in [7, 11) is -2.04. The van der Waals surface area contributed by atoms with Gasteiger partial charge in [0.25, 0.3) is 0 Å². The number of rotatable bonds is 7. The molecule has 1 aromatic rings. The molecule has 8 heteroatoms. The number of piperidine rings is 1. The van der Waals surface area contributed by atoms with Crippen molar-refractivity contribution in [3.63, 3.8) is 0 Å². The summed E-state index contributed by atoms with van der Waals surface area (Å²) in [6.07, 6.45) is 1.76. The van der Waals surface area contributed by atoms with Crippen LogP contribution >= 0.6 is 11.6 Å². The van der Waals surface area contributed by atoms with Crippen LogP contribution in [0.2, 0.25) is 5.02 Å². The number of hydrogen-bond donors (Lipinski definition) is 2. The standard InChI is InChI=1S/C16H23ClN2O4S/c1-23-12-16(6-8-18-9-7-16)11-19-15(20)10-24(21,22)14-4-2-13(17)3-5-14/h2-5,18H,6-12H2,1H3,(H,19,20). The van der Waals surface area contributed by atoms with Crippen molar-refractivity contribution in [3.05, 3.63) is 29.3 Å². The Kier molecular flexibility index (Phi) is 6.62. The molecule has 24 heavy (non-hydrogen) atoms. The average molecular weight is 375 g/mol. The van der Waals surface area contributed by atoms with Crippen molar-refractivity contribution in [1.29, 1.82) is 0 Å². The number of benzene rings is 1. The molecule has 134 valence electrons. The lowest BCUT2D eigenvalue weighted by Gasteiger charge is -2.37. The molecule has 0 unspecified atom stereocenters. The van der Waals surface area contributed by atoms with Crippen LogP contribution < -0.4 is 10.6 Å². The number of nitrogens with one attached hydrogen (secondary N) is 2. The normalized spacial score (nSPS) is 17.4. The Bertz CT molecular complexity index is 650. The zero-order valence-electron chi connectivity index (χ0n) is 13.7. The number of carbonyl (C=O) groups is 1. The molecule has 2 rings (SSSR count). The van der Waals surface area contributed by atoms with Crippen molar-refractivity contribution in [2.75, 3.05) is 39.1 Å². The van der Waals surface area contributed by atoms with Gasteiger partial charge < -0.3 is 15.4 Å². The average Bonchev–Trinajstić information content (AvgIpc) is 2.54. The molecule has 1 fully saturated rings. The van der Waals surface area contributed by atoms with E-state index < -0.39 is 21.5 Å². The lowest BCUT2D eigenvalue weighted by atomic mass is 9.79. The molecule has 0 spiro atoms. The van der Waals surface area contributed by atoms with Gasteiger partial charge in [-0.1, -0.05) is 11.6 Å². The molecule has 0 radical (unpaired) electrons. The van der Waals surface area contributed by atoms with Crippen LogP contribution in [0, 0.1) is 5.41 Å². The van der Waals surface area contributed by atoms with Crippen molar-refractivity contribution in [1.82, 2.24) is 10.6 Å². The highest BCUT2D eigenvalue weighted by atomic mass is 35.5. The van der Waals surface area contributed by atoms with E-state index in [9.17, 15) is 13.2 Å². The van der Waals surface area contributed by atoms with Gasteiger partial charge in [0.1, 0.15) is 5.75 Å². The van der Waals surface area contributed by atoms with Gasteiger partial charge in [-0.05, 0) is 50.2 Å². The summed E-state index contributed by atoms with van der Waals surface area (Å²) in [5.74, 6) is -1.07. The van der Waals surface area contributed by atoms with E-state index in [1.165, 1.54) is 24.3 Å². The first kappa shape index (κ1) is 19.2. The molecule has 2 N–H and O–H groups in total. The van der Waals surface area contributed by atoms with Crippen LogP contribution in [-0.4, -0.2) is 53.4 Å². The van der Waals surface area contributed by atoms with Crippen LogP contribution in [0.1, 0.15) is 12.8 Å². The third-order valence-corrected chi connectivity index (χ3v) is 6.15. The molecule has 1 aliphatic rings. The van der Waals surface area contributed by atoms with Crippen LogP contribution in [0.4, 0.5) is 0 Å².